The molecule has 0 aromatic carbocycles. The van der Waals surface area contributed by atoms with Gasteiger partial charge in [0.2, 0.25) is 5.82 Å². The third-order valence-electron chi connectivity index (χ3n) is 1.19. The van der Waals surface area contributed by atoms with Crippen LogP contribution in [0.3, 0.4) is 0 Å². The number of nitrogens with zero attached hydrogens (tertiary/aromatic N) is 3. The van der Waals surface area contributed by atoms with Crippen LogP contribution in [0.4, 0.5) is 13.2 Å². The number of alkyl halides is 3. The largest absolute Gasteiger partial charge is 1.00 e. The average Bonchev–Trinajstić information content (AvgIpc) is 2.45. The molecular formula is C6H3F3Li2N4. The molecule has 4 nitrogen and oxygen atoms in total. The Balaban J connectivity index is -0.000000211. The quantitative estimate of drug-likeness (QED) is 0.430. The van der Waals surface area contributed by atoms with Gasteiger partial charge in [-0.1, -0.05) is 0 Å². The predicted octanol–water partition coefficient (Wildman–Crippen LogP) is -4.60. The monoisotopic (exact) mass is 202 g/mol. The molecule has 0 fully saturated rings. The van der Waals surface area contributed by atoms with E-state index >= 15 is 0 Å². The molecule has 0 unspecified atom stereocenters. The van der Waals surface area contributed by atoms with Gasteiger partial charge in [-0.25, -0.2) is 4.98 Å². The predicted molar refractivity (Wildman–Crippen MR) is 35.2 cm³/mol. The van der Waals surface area contributed by atoms with E-state index in [1.54, 1.807) is 4.98 Å². The fraction of sp³-hybridized carbons (Fsp3) is 0.167. The molecule has 0 amide bonds. The molecule has 15 heavy (non-hydrogen) atoms. The first-order valence-corrected chi connectivity index (χ1v) is 2.96. The topological polar surface area (TPSA) is 76.3 Å². The summed E-state index contributed by atoms with van der Waals surface area (Å²) in [5.41, 5.74) is -1.02. The molecule has 1 aromatic rings. The average molecular weight is 202 g/mol. The number of H-pyrrole nitrogens is 1. The number of hydrogen-bond donors (Lipinski definition) is 1. The van der Waals surface area contributed by atoms with Crippen molar-refractivity contribution in [3.05, 3.63) is 17.2 Å². The van der Waals surface area contributed by atoms with E-state index < -0.39 is 23.4 Å². The van der Waals surface area contributed by atoms with Crippen LogP contribution >= 0.6 is 0 Å². The SMILES string of the molecule is N#Cc1nc(C(F)(F)F)[nH]c1C#N.[H-].[H-].[Li+].[Li+]. The molecule has 0 aliphatic rings. The van der Waals surface area contributed by atoms with Crippen LogP contribution in [-0.4, -0.2) is 9.97 Å². The molecule has 1 heterocycles. The molecule has 1 rings (SSSR count). The molecule has 0 saturated heterocycles. The van der Waals surface area contributed by atoms with E-state index in [-0.39, 0.29) is 40.6 Å². The Labute approximate surface area is 110 Å². The van der Waals surface area contributed by atoms with Gasteiger partial charge in [-0.15, -0.1) is 0 Å². The first-order valence-electron chi connectivity index (χ1n) is 2.96. The number of imidazole rings is 1. The van der Waals surface area contributed by atoms with Crippen molar-refractivity contribution in [1.82, 2.24) is 9.97 Å². The van der Waals surface area contributed by atoms with Gasteiger partial charge in [0.1, 0.15) is 12.1 Å². The molecule has 0 saturated carbocycles. The van der Waals surface area contributed by atoms with Crippen molar-refractivity contribution in [1.29, 1.82) is 10.5 Å². The summed E-state index contributed by atoms with van der Waals surface area (Å²) in [6.45, 7) is 0. The van der Waals surface area contributed by atoms with Crippen LogP contribution < -0.4 is 37.7 Å². The van der Waals surface area contributed by atoms with Gasteiger partial charge < -0.3 is 7.84 Å². The van der Waals surface area contributed by atoms with E-state index in [0.717, 1.165) is 0 Å². The van der Waals surface area contributed by atoms with E-state index in [1.165, 1.54) is 12.1 Å². The summed E-state index contributed by atoms with van der Waals surface area (Å²) >= 11 is 0. The molecule has 0 bridgehead atoms. The molecule has 70 valence electrons. The van der Waals surface area contributed by atoms with Gasteiger partial charge in [0.05, 0.1) is 0 Å². The second-order valence-electron chi connectivity index (χ2n) is 2.03. The number of nitrogens with one attached hydrogen (secondary N) is 1. The summed E-state index contributed by atoms with van der Waals surface area (Å²) in [6.07, 6.45) is -4.67. The van der Waals surface area contributed by atoms with Gasteiger partial charge in [-0.2, -0.15) is 23.7 Å². The van der Waals surface area contributed by atoms with E-state index in [0.29, 0.717) is 0 Å². The zero-order valence-electron chi connectivity index (χ0n) is 9.98. The molecule has 0 spiro atoms. The summed E-state index contributed by atoms with van der Waals surface area (Å²) in [7, 11) is 0. The Bertz CT molecular complexity index is 389. The summed E-state index contributed by atoms with van der Waals surface area (Å²) in [4.78, 5) is 4.61. The zero-order chi connectivity index (χ0) is 10.1. The minimum atomic E-state index is -4.67. The zero-order valence-corrected chi connectivity index (χ0v) is 7.98. The Hall–Kier alpha value is -0.825. The van der Waals surface area contributed by atoms with Crippen molar-refractivity contribution in [3.63, 3.8) is 0 Å². The van der Waals surface area contributed by atoms with Gasteiger partial charge in [0, 0.05) is 0 Å². The van der Waals surface area contributed by atoms with Gasteiger partial charge in [-0.3, -0.25) is 0 Å². The summed E-state index contributed by atoms with van der Waals surface area (Å²) in [6, 6.07) is 2.77. The summed E-state index contributed by atoms with van der Waals surface area (Å²) in [5, 5.41) is 16.6. The number of rotatable bonds is 0. The van der Waals surface area contributed by atoms with Crippen LogP contribution in [0.15, 0.2) is 0 Å². The molecule has 9 heteroatoms. The fourth-order valence-corrected chi connectivity index (χ4v) is 0.669. The van der Waals surface area contributed by atoms with Gasteiger partial charge in [-0.05, 0) is 0 Å². The minimum Gasteiger partial charge on any atom is -1.00 e. The van der Waals surface area contributed by atoms with Crippen molar-refractivity contribution in [2.24, 2.45) is 0 Å². The number of nitriles is 2. The minimum absolute atomic E-state index is 0. The second-order valence-corrected chi connectivity index (χ2v) is 2.03. The second kappa shape index (κ2) is 5.91. The van der Waals surface area contributed by atoms with Crippen molar-refractivity contribution in [2.75, 3.05) is 0 Å². The number of aromatic nitrogens is 2. The van der Waals surface area contributed by atoms with Crippen molar-refractivity contribution < 1.29 is 53.7 Å². The Kier molecular flexibility index (Phi) is 6.54. The van der Waals surface area contributed by atoms with Crippen LogP contribution in [0.2, 0.25) is 0 Å². The van der Waals surface area contributed by atoms with E-state index in [4.69, 9.17) is 10.5 Å². The van der Waals surface area contributed by atoms with Crippen LogP contribution in [0.25, 0.3) is 0 Å². The van der Waals surface area contributed by atoms with Crippen LogP contribution in [-0.2, 0) is 6.18 Å². The maximum Gasteiger partial charge on any atom is 1.00 e. The normalized spacial score (nSPS) is 9.13. The molecule has 0 radical (unpaired) electrons. The van der Waals surface area contributed by atoms with Crippen LogP contribution in [0.5, 0.6) is 0 Å². The van der Waals surface area contributed by atoms with E-state index in [2.05, 4.69) is 4.98 Å². The Morgan fingerprint density at radius 3 is 2.00 bits per heavy atom. The maximum atomic E-state index is 11.9. The fourth-order valence-electron chi connectivity index (χ4n) is 0.669. The van der Waals surface area contributed by atoms with E-state index in [9.17, 15) is 13.2 Å². The number of halogens is 3. The van der Waals surface area contributed by atoms with Crippen molar-refractivity contribution in [2.45, 2.75) is 6.18 Å². The third kappa shape index (κ3) is 3.67. The summed E-state index contributed by atoms with van der Waals surface area (Å²) < 4.78 is 35.8. The van der Waals surface area contributed by atoms with Gasteiger partial charge in [0.25, 0.3) is 0 Å². The molecule has 0 atom stereocenters. The Morgan fingerprint density at radius 2 is 1.73 bits per heavy atom. The standard InChI is InChI=1S/C6HF3N4.2Li.2H/c7-6(8,9)5-12-3(1-10)4(2-11)13-5;;;;/h(H,12,13);;;;/q;2*+1;2*-1. The smallest absolute Gasteiger partial charge is 1.00 e. The van der Waals surface area contributed by atoms with Crippen molar-refractivity contribution >= 4 is 0 Å². The van der Waals surface area contributed by atoms with Gasteiger partial charge in [0.15, 0.2) is 11.4 Å². The first kappa shape index (κ1) is 16.6. The Morgan fingerprint density at radius 1 is 1.20 bits per heavy atom. The van der Waals surface area contributed by atoms with Gasteiger partial charge >= 0.3 is 43.9 Å². The van der Waals surface area contributed by atoms with Crippen LogP contribution in [0.1, 0.15) is 20.1 Å². The molecule has 1 aromatic heterocycles. The molecule has 0 aliphatic carbocycles. The summed E-state index contributed by atoms with van der Waals surface area (Å²) in [5.74, 6) is -1.33. The first-order chi connectivity index (χ1) is 5.99. The third-order valence-corrected chi connectivity index (χ3v) is 1.19. The van der Waals surface area contributed by atoms with Crippen LogP contribution in [0, 0.1) is 22.7 Å². The van der Waals surface area contributed by atoms with E-state index in [1.807, 2.05) is 0 Å². The maximum absolute atomic E-state index is 11.9. The number of hydrogen-bond acceptors (Lipinski definition) is 3. The number of aromatic amines is 1. The molecular weight excluding hydrogens is 199 g/mol. The molecule has 1 N–H and O–H groups in total. The van der Waals surface area contributed by atoms with Crippen molar-refractivity contribution in [3.8, 4) is 12.1 Å². The molecule has 0 aliphatic heterocycles.